The Morgan fingerprint density at radius 1 is 1.03 bits per heavy atom. The van der Waals surface area contributed by atoms with Gasteiger partial charge < -0.3 is 19.4 Å². The molecule has 1 aliphatic heterocycles. The van der Waals surface area contributed by atoms with E-state index in [0.717, 1.165) is 11.1 Å². The van der Waals surface area contributed by atoms with Crippen LogP contribution < -0.4 is 20.2 Å². The molecule has 1 aliphatic rings. The second-order valence-corrected chi connectivity index (χ2v) is 10.7. The highest BCUT2D eigenvalue weighted by Gasteiger charge is 2.33. The molecular weight excluding hydrogens is 515 g/mol. The van der Waals surface area contributed by atoms with E-state index in [4.69, 9.17) is 9.47 Å². The summed E-state index contributed by atoms with van der Waals surface area (Å²) in [5.41, 5.74) is 2.86. The molecule has 2 atom stereocenters. The van der Waals surface area contributed by atoms with Crippen molar-refractivity contribution in [3.8, 4) is 22.8 Å². The fraction of sp³-hybridized carbons (Fsp3) is 0.226. The number of nitrogens with zero attached hydrogens (tertiary/aromatic N) is 1. The summed E-state index contributed by atoms with van der Waals surface area (Å²) >= 11 is 1.45. The van der Waals surface area contributed by atoms with E-state index in [0.29, 0.717) is 40.4 Å². The predicted octanol–water partition coefficient (Wildman–Crippen LogP) is 6.00. The number of aryl methyl sites for hydroxylation is 1. The third-order valence-electron chi connectivity index (χ3n) is 6.82. The average Bonchev–Trinajstić information content (AvgIpc) is 3.29. The third kappa shape index (κ3) is 5.56. The zero-order valence-corrected chi connectivity index (χ0v) is 22.6. The molecule has 5 rings (SSSR count). The molecule has 0 radical (unpaired) electrons. The lowest BCUT2D eigenvalue weighted by Crippen LogP contribution is -2.26. The number of pyridine rings is 1. The first-order valence-electron chi connectivity index (χ1n) is 12.7. The van der Waals surface area contributed by atoms with E-state index < -0.39 is 0 Å². The van der Waals surface area contributed by atoms with Crippen molar-refractivity contribution in [1.29, 1.82) is 0 Å². The number of benzene rings is 3. The molecule has 3 aromatic carbocycles. The van der Waals surface area contributed by atoms with Crippen molar-refractivity contribution in [1.82, 2.24) is 9.88 Å². The van der Waals surface area contributed by atoms with Gasteiger partial charge in [-0.3, -0.25) is 9.59 Å². The number of ether oxygens (including phenoxy) is 2. The van der Waals surface area contributed by atoms with Crippen LogP contribution in [0.15, 0.2) is 89.2 Å². The molecule has 39 heavy (non-hydrogen) atoms. The maximum Gasteiger partial charge on any atom is 0.238 e. The van der Waals surface area contributed by atoms with Crippen LogP contribution in [0.4, 0.5) is 4.39 Å². The molecule has 1 aromatic heterocycles. The van der Waals surface area contributed by atoms with Gasteiger partial charge in [0.25, 0.3) is 0 Å². The van der Waals surface area contributed by atoms with Gasteiger partial charge in [0.05, 0.1) is 34.7 Å². The van der Waals surface area contributed by atoms with Crippen LogP contribution in [0.3, 0.4) is 0 Å². The molecule has 1 fully saturated rings. The summed E-state index contributed by atoms with van der Waals surface area (Å²) in [5, 5.41) is 3.78. The number of hydrogen-bond acceptors (Lipinski definition) is 5. The van der Waals surface area contributed by atoms with Crippen LogP contribution in [-0.4, -0.2) is 28.9 Å². The molecule has 200 valence electrons. The minimum atomic E-state index is -0.349. The molecule has 1 saturated heterocycles. The van der Waals surface area contributed by atoms with Crippen LogP contribution in [0, 0.1) is 5.82 Å². The van der Waals surface area contributed by atoms with Gasteiger partial charge in [0.2, 0.25) is 11.3 Å². The van der Waals surface area contributed by atoms with E-state index in [1.807, 2.05) is 61.0 Å². The summed E-state index contributed by atoms with van der Waals surface area (Å²) in [6.07, 6.45) is 0.541. The van der Waals surface area contributed by atoms with Gasteiger partial charge in [-0.25, -0.2) is 4.39 Å². The summed E-state index contributed by atoms with van der Waals surface area (Å²) in [5.74, 6) is 0.553. The van der Waals surface area contributed by atoms with Gasteiger partial charge in [0.15, 0.2) is 5.75 Å². The van der Waals surface area contributed by atoms with Crippen molar-refractivity contribution < 1.29 is 18.7 Å². The SMILES string of the molecule is C=C1NC(=O)C(C(C)c2cccc(OCCCOc3c(-c4ccc(F)cc4)n(C)c4ccccc4c3=O)c2)S1. The summed E-state index contributed by atoms with van der Waals surface area (Å²) in [6, 6.07) is 21.1. The fourth-order valence-corrected chi connectivity index (χ4v) is 5.78. The Morgan fingerprint density at radius 2 is 1.77 bits per heavy atom. The molecule has 0 bridgehead atoms. The molecule has 1 amide bonds. The fourth-order valence-electron chi connectivity index (χ4n) is 4.79. The van der Waals surface area contributed by atoms with Gasteiger partial charge in [-0.2, -0.15) is 0 Å². The van der Waals surface area contributed by atoms with Crippen molar-refractivity contribution in [2.24, 2.45) is 7.05 Å². The van der Waals surface area contributed by atoms with Crippen molar-refractivity contribution in [3.63, 3.8) is 0 Å². The van der Waals surface area contributed by atoms with Crippen molar-refractivity contribution in [2.75, 3.05) is 13.2 Å². The number of amides is 1. The number of nitrogens with one attached hydrogen (secondary N) is 1. The lowest BCUT2D eigenvalue weighted by molar-refractivity contribution is -0.119. The quantitative estimate of drug-likeness (QED) is 0.262. The van der Waals surface area contributed by atoms with Crippen LogP contribution in [0.5, 0.6) is 11.5 Å². The third-order valence-corrected chi connectivity index (χ3v) is 8.08. The standard InChI is InChI=1S/C31H29FN2O4S/c1-19(30-31(36)33-20(2)39-30)22-8-6-9-24(18-22)37-16-7-17-38-29-27(21-12-14-23(32)15-13-21)34(3)26-11-5-4-10-25(26)28(29)35/h4-6,8-15,18-19,30H,2,7,16-17H2,1,3H3,(H,33,36). The Morgan fingerprint density at radius 3 is 2.51 bits per heavy atom. The summed E-state index contributed by atoms with van der Waals surface area (Å²) < 4.78 is 27.5. The Labute approximate surface area is 230 Å². The van der Waals surface area contributed by atoms with Gasteiger partial charge in [-0.05, 0) is 54.1 Å². The van der Waals surface area contributed by atoms with E-state index in [-0.39, 0.29) is 40.7 Å². The number of carbonyl (C=O) groups is 1. The second kappa shape index (κ2) is 11.4. The summed E-state index contributed by atoms with van der Waals surface area (Å²) in [4.78, 5) is 25.6. The summed E-state index contributed by atoms with van der Waals surface area (Å²) in [6.45, 7) is 6.50. The number of thioether (sulfide) groups is 1. The first-order chi connectivity index (χ1) is 18.8. The van der Waals surface area contributed by atoms with Crippen LogP contribution in [-0.2, 0) is 11.8 Å². The maximum atomic E-state index is 13.6. The zero-order valence-electron chi connectivity index (χ0n) is 21.8. The maximum absolute atomic E-state index is 13.6. The molecule has 0 spiro atoms. The lowest BCUT2D eigenvalue weighted by atomic mass is 9.97. The molecule has 6 nitrogen and oxygen atoms in total. The van der Waals surface area contributed by atoms with E-state index in [2.05, 4.69) is 11.9 Å². The Bertz CT molecular complexity index is 1600. The number of halogens is 1. The van der Waals surface area contributed by atoms with Crippen LogP contribution >= 0.6 is 11.8 Å². The number of aromatic nitrogens is 1. The van der Waals surface area contributed by atoms with E-state index >= 15 is 0 Å². The normalized spacial score (nSPS) is 15.8. The summed E-state index contributed by atoms with van der Waals surface area (Å²) in [7, 11) is 1.87. The highest BCUT2D eigenvalue weighted by atomic mass is 32.2. The monoisotopic (exact) mass is 544 g/mol. The van der Waals surface area contributed by atoms with Gasteiger partial charge >= 0.3 is 0 Å². The van der Waals surface area contributed by atoms with Gasteiger partial charge in [-0.15, -0.1) is 0 Å². The minimum Gasteiger partial charge on any atom is -0.493 e. The van der Waals surface area contributed by atoms with Crippen LogP contribution in [0.1, 0.15) is 24.8 Å². The van der Waals surface area contributed by atoms with E-state index in [1.165, 1.54) is 23.9 Å². The van der Waals surface area contributed by atoms with Crippen molar-refractivity contribution >= 4 is 28.6 Å². The number of fused-ring (bicyclic) bond motifs is 1. The molecule has 1 N–H and O–H groups in total. The van der Waals surface area contributed by atoms with E-state index in [1.54, 1.807) is 18.2 Å². The molecule has 0 saturated carbocycles. The van der Waals surface area contributed by atoms with Gasteiger partial charge in [0, 0.05) is 30.3 Å². The first-order valence-corrected chi connectivity index (χ1v) is 13.6. The largest absolute Gasteiger partial charge is 0.493 e. The highest BCUT2D eigenvalue weighted by Crippen LogP contribution is 2.37. The van der Waals surface area contributed by atoms with Gasteiger partial charge in [-0.1, -0.05) is 49.5 Å². The molecule has 2 unspecified atom stereocenters. The van der Waals surface area contributed by atoms with Crippen molar-refractivity contribution in [2.45, 2.75) is 24.5 Å². The predicted molar refractivity (Wildman–Crippen MR) is 154 cm³/mol. The minimum absolute atomic E-state index is 0.00451. The number of hydrogen-bond donors (Lipinski definition) is 1. The molecule has 0 aliphatic carbocycles. The second-order valence-electron chi connectivity index (χ2n) is 9.45. The molecule has 4 aromatic rings. The average molecular weight is 545 g/mol. The Kier molecular flexibility index (Phi) is 7.74. The lowest BCUT2D eigenvalue weighted by Gasteiger charge is -2.18. The zero-order chi connectivity index (χ0) is 27.5. The van der Waals surface area contributed by atoms with Gasteiger partial charge in [0.1, 0.15) is 11.6 Å². The molecule has 8 heteroatoms. The Hall–Kier alpha value is -4.04. The highest BCUT2D eigenvalue weighted by molar-refractivity contribution is 8.04. The van der Waals surface area contributed by atoms with Crippen LogP contribution in [0.25, 0.3) is 22.2 Å². The number of rotatable bonds is 9. The van der Waals surface area contributed by atoms with Crippen molar-refractivity contribution in [3.05, 3.63) is 106 Å². The first kappa shape index (κ1) is 26.6. The van der Waals surface area contributed by atoms with Crippen LogP contribution in [0.2, 0.25) is 0 Å². The number of carbonyl (C=O) groups excluding carboxylic acids is 1. The van der Waals surface area contributed by atoms with E-state index in [9.17, 15) is 14.0 Å². The molecular formula is C31H29FN2O4S. The topological polar surface area (TPSA) is 69.6 Å². The smallest absolute Gasteiger partial charge is 0.238 e. The molecule has 2 heterocycles. The number of para-hydroxylation sites is 1. The Balaban J connectivity index is 1.28.